The predicted molar refractivity (Wildman–Crippen MR) is 53.2 cm³/mol. The summed E-state index contributed by atoms with van der Waals surface area (Å²) in [6.45, 7) is 6.39. The van der Waals surface area contributed by atoms with Crippen LogP contribution < -0.4 is 5.73 Å². The Morgan fingerprint density at radius 3 is 2.38 bits per heavy atom. The summed E-state index contributed by atoms with van der Waals surface area (Å²) in [7, 11) is 0. The first-order chi connectivity index (χ1) is 5.96. The third-order valence-corrected chi connectivity index (χ3v) is 3.23. The van der Waals surface area contributed by atoms with E-state index in [-0.39, 0.29) is 11.0 Å². The lowest BCUT2D eigenvalue weighted by atomic mass is 9.98. The van der Waals surface area contributed by atoms with Gasteiger partial charge in [0.25, 0.3) is 0 Å². The van der Waals surface area contributed by atoms with Gasteiger partial charge in [-0.2, -0.15) is 0 Å². The molecule has 0 aromatic carbocycles. The van der Waals surface area contributed by atoms with Crippen molar-refractivity contribution in [1.82, 2.24) is 4.98 Å². The summed E-state index contributed by atoms with van der Waals surface area (Å²) < 4.78 is 0. The number of aryl methyl sites for hydroxylation is 1. The minimum atomic E-state index is -0.131. The maximum Gasteiger partial charge on any atom is 0.0483 e. The summed E-state index contributed by atoms with van der Waals surface area (Å²) in [6, 6.07) is 4.12. The van der Waals surface area contributed by atoms with Gasteiger partial charge in [-0.05, 0) is 30.4 Å². The molecule has 1 unspecified atom stereocenters. The molecule has 13 heavy (non-hydrogen) atoms. The molecule has 1 saturated carbocycles. The van der Waals surface area contributed by atoms with Crippen molar-refractivity contribution >= 4 is 0 Å². The zero-order valence-corrected chi connectivity index (χ0v) is 8.46. The van der Waals surface area contributed by atoms with Crippen LogP contribution in [0.4, 0.5) is 0 Å². The SMILES string of the molecule is Cc1ccc(C2(N)CC2(C)C)cn1. The van der Waals surface area contributed by atoms with E-state index in [1.54, 1.807) is 0 Å². The lowest BCUT2D eigenvalue weighted by molar-refractivity contribution is 0.508. The first-order valence-electron chi connectivity index (χ1n) is 4.68. The van der Waals surface area contributed by atoms with Crippen LogP contribution in [0.3, 0.4) is 0 Å². The lowest BCUT2D eigenvalue weighted by Gasteiger charge is -2.14. The second kappa shape index (κ2) is 2.32. The molecule has 0 spiro atoms. The average Bonchev–Trinajstić information content (AvgIpc) is 2.53. The van der Waals surface area contributed by atoms with Gasteiger partial charge >= 0.3 is 0 Å². The van der Waals surface area contributed by atoms with Gasteiger partial charge in [0, 0.05) is 17.4 Å². The van der Waals surface area contributed by atoms with Crippen molar-refractivity contribution in [3.63, 3.8) is 0 Å². The van der Waals surface area contributed by atoms with Crippen molar-refractivity contribution in [2.24, 2.45) is 11.1 Å². The summed E-state index contributed by atoms with van der Waals surface area (Å²) >= 11 is 0. The van der Waals surface area contributed by atoms with Crippen LogP contribution >= 0.6 is 0 Å². The molecular weight excluding hydrogens is 160 g/mol. The predicted octanol–water partition coefficient (Wildman–Crippen LogP) is 1.97. The molecule has 2 heteroatoms. The number of nitrogens with two attached hydrogens (primary N) is 1. The molecule has 1 aliphatic carbocycles. The van der Waals surface area contributed by atoms with Gasteiger partial charge < -0.3 is 5.73 Å². The van der Waals surface area contributed by atoms with E-state index in [0.29, 0.717) is 0 Å². The van der Waals surface area contributed by atoms with Crippen LogP contribution in [0.5, 0.6) is 0 Å². The molecule has 1 aliphatic rings. The summed E-state index contributed by atoms with van der Waals surface area (Å²) in [5.41, 5.74) is 8.58. The Morgan fingerprint density at radius 2 is 2.00 bits per heavy atom. The van der Waals surface area contributed by atoms with Crippen molar-refractivity contribution in [2.45, 2.75) is 32.7 Å². The van der Waals surface area contributed by atoms with Crippen molar-refractivity contribution in [2.75, 3.05) is 0 Å². The fraction of sp³-hybridized carbons (Fsp3) is 0.545. The van der Waals surface area contributed by atoms with E-state index in [4.69, 9.17) is 5.73 Å². The fourth-order valence-corrected chi connectivity index (χ4v) is 1.88. The second-order valence-electron chi connectivity index (χ2n) is 4.72. The van der Waals surface area contributed by atoms with E-state index in [2.05, 4.69) is 24.9 Å². The maximum absolute atomic E-state index is 6.26. The van der Waals surface area contributed by atoms with Gasteiger partial charge in [-0.3, -0.25) is 4.98 Å². The Balaban J connectivity index is 2.34. The quantitative estimate of drug-likeness (QED) is 0.710. The van der Waals surface area contributed by atoms with E-state index in [0.717, 1.165) is 12.1 Å². The number of aromatic nitrogens is 1. The van der Waals surface area contributed by atoms with E-state index >= 15 is 0 Å². The van der Waals surface area contributed by atoms with E-state index < -0.39 is 0 Å². The molecule has 2 rings (SSSR count). The third kappa shape index (κ3) is 1.17. The minimum absolute atomic E-state index is 0.131. The van der Waals surface area contributed by atoms with Crippen LogP contribution in [0.2, 0.25) is 0 Å². The molecule has 1 atom stereocenters. The van der Waals surface area contributed by atoms with Gasteiger partial charge in [0.15, 0.2) is 0 Å². The summed E-state index contributed by atoms with van der Waals surface area (Å²) in [6.07, 6.45) is 2.97. The van der Waals surface area contributed by atoms with E-state index in [9.17, 15) is 0 Å². The zero-order chi connectivity index (χ0) is 9.69. The molecule has 0 amide bonds. The van der Waals surface area contributed by atoms with E-state index in [1.165, 1.54) is 5.56 Å². The standard InChI is InChI=1S/C11H16N2/c1-8-4-5-9(6-13-8)11(12)7-10(11,2)3/h4-6H,7,12H2,1-3H3. The van der Waals surface area contributed by atoms with Crippen LogP contribution in [0.1, 0.15) is 31.5 Å². The van der Waals surface area contributed by atoms with Crippen LogP contribution in [0.15, 0.2) is 18.3 Å². The van der Waals surface area contributed by atoms with Crippen LogP contribution in [-0.4, -0.2) is 4.98 Å². The van der Waals surface area contributed by atoms with Gasteiger partial charge in [0.2, 0.25) is 0 Å². The van der Waals surface area contributed by atoms with Crippen molar-refractivity contribution < 1.29 is 0 Å². The number of rotatable bonds is 1. The highest BCUT2D eigenvalue weighted by Gasteiger charge is 2.59. The smallest absolute Gasteiger partial charge is 0.0483 e. The number of hydrogen-bond acceptors (Lipinski definition) is 2. The molecule has 0 radical (unpaired) electrons. The van der Waals surface area contributed by atoms with Gasteiger partial charge in [-0.1, -0.05) is 19.9 Å². The molecule has 0 bridgehead atoms. The highest BCUT2D eigenvalue weighted by molar-refractivity contribution is 5.33. The normalized spacial score (nSPS) is 30.2. The van der Waals surface area contributed by atoms with Crippen molar-refractivity contribution in [1.29, 1.82) is 0 Å². The molecule has 1 aromatic rings. The highest BCUT2D eigenvalue weighted by Crippen LogP contribution is 2.60. The number of pyridine rings is 1. The minimum Gasteiger partial charge on any atom is -0.321 e. The maximum atomic E-state index is 6.26. The summed E-state index contributed by atoms with van der Waals surface area (Å²) in [5, 5.41) is 0. The molecular formula is C11H16N2. The Labute approximate surface area is 79.2 Å². The Morgan fingerprint density at radius 1 is 1.38 bits per heavy atom. The van der Waals surface area contributed by atoms with Crippen molar-refractivity contribution in [3.8, 4) is 0 Å². The van der Waals surface area contributed by atoms with Crippen LogP contribution in [0, 0.1) is 12.3 Å². The molecule has 2 nitrogen and oxygen atoms in total. The van der Waals surface area contributed by atoms with Gasteiger partial charge in [0.1, 0.15) is 0 Å². The Bertz CT molecular complexity index is 326. The Kier molecular flexibility index (Phi) is 1.55. The first kappa shape index (κ1) is 8.70. The second-order valence-corrected chi connectivity index (χ2v) is 4.72. The summed E-state index contributed by atoms with van der Waals surface area (Å²) in [4.78, 5) is 4.27. The van der Waals surface area contributed by atoms with E-state index in [1.807, 2.05) is 19.2 Å². The first-order valence-corrected chi connectivity index (χ1v) is 4.68. The van der Waals surface area contributed by atoms with Gasteiger partial charge in [-0.15, -0.1) is 0 Å². The molecule has 70 valence electrons. The average molecular weight is 176 g/mol. The molecule has 1 fully saturated rings. The molecule has 0 aliphatic heterocycles. The molecule has 1 aromatic heterocycles. The molecule has 0 saturated heterocycles. The van der Waals surface area contributed by atoms with Gasteiger partial charge in [0.05, 0.1) is 0 Å². The monoisotopic (exact) mass is 176 g/mol. The number of nitrogens with zero attached hydrogens (tertiary/aromatic N) is 1. The van der Waals surface area contributed by atoms with Crippen molar-refractivity contribution in [3.05, 3.63) is 29.6 Å². The lowest BCUT2D eigenvalue weighted by Crippen LogP contribution is -2.25. The number of hydrogen-bond donors (Lipinski definition) is 1. The third-order valence-electron chi connectivity index (χ3n) is 3.23. The molecule has 1 heterocycles. The topological polar surface area (TPSA) is 38.9 Å². The van der Waals surface area contributed by atoms with Gasteiger partial charge in [-0.25, -0.2) is 0 Å². The Hall–Kier alpha value is -0.890. The van der Waals surface area contributed by atoms with Crippen LogP contribution in [0.25, 0.3) is 0 Å². The largest absolute Gasteiger partial charge is 0.321 e. The molecule has 2 N–H and O–H groups in total. The summed E-state index contributed by atoms with van der Waals surface area (Å²) in [5.74, 6) is 0. The fourth-order valence-electron chi connectivity index (χ4n) is 1.88. The highest BCUT2D eigenvalue weighted by atomic mass is 14.9. The van der Waals surface area contributed by atoms with Crippen LogP contribution in [-0.2, 0) is 5.54 Å². The zero-order valence-electron chi connectivity index (χ0n) is 8.46.